The van der Waals surface area contributed by atoms with Crippen LogP contribution in [0.4, 0.5) is 0 Å². The molecule has 0 saturated heterocycles. The fraction of sp³-hybridized carbons (Fsp3) is 0.463. The molecule has 4 aromatic heterocycles. The SMILES string of the molecule is Cc1ccc(C(O)(C(=O)OC2CCC(N(C)CCCn3nnc4c3C3=C(CCO3)C(CNC[C@H](O)c3ccc(O)c5[nH]c(=O)ccc35)C4)CC2)c2cccs2)s1. The molecule has 5 aromatic rings. The molecule has 5 N–H and O–H groups in total. The van der Waals surface area contributed by atoms with E-state index in [0.717, 1.165) is 73.5 Å². The summed E-state index contributed by atoms with van der Waals surface area (Å²) in [5.74, 6) is 0.417. The van der Waals surface area contributed by atoms with E-state index in [-0.39, 0.29) is 23.3 Å². The molecule has 13 nitrogen and oxygen atoms in total. The Labute approximate surface area is 332 Å². The van der Waals surface area contributed by atoms with Crippen molar-refractivity contribution < 1.29 is 29.6 Å². The van der Waals surface area contributed by atoms with E-state index >= 15 is 0 Å². The predicted molar refractivity (Wildman–Crippen MR) is 215 cm³/mol. The van der Waals surface area contributed by atoms with Gasteiger partial charge in [-0.1, -0.05) is 17.3 Å². The van der Waals surface area contributed by atoms with Gasteiger partial charge >= 0.3 is 5.97 Å². The van der Waals surface area contributed by atoms with Crippen LogP contribution in [0.25, 0.3) is 16.7 Å². The number of aliphatic hydroxyl groups is 2. The summed E-state index contributed by atoms with van der Waals surface area (Å²) in [6.45, 7) is 5.11. The number of hydrogen-bond acceptors (Lipinski definition) is 13. The van der Waals surface area contributed by atoms with Crippen LogP contribution < -0.4 is 10.9 Å². The van der Waals surface area contributed by atoms with Crippen molar-refractivity contribution in [3.05, 3.63) is 101 Å². The fourth-order valence-electron chi connectivity index (χ4n) is 8.51. The summed E-state index contributed by atoms with van der Waals surface area (Å²) < 4.78 is 14.2. The van der Waals surface area contributed by atoms with Crippen molar-refractivity contribution in [2.45, 2.75) is 82.3 Å². The van der Waals surface area contributed by atoms with E-state index in [2.05, 4.69) is 32.6 Å². The van der Waals surface area contributed by atoms with Crippen molar-refractivity contribution in [2.75, 3.05) is 33.3 Å². The number of nitrogens with zero attached hydrogens (tertiary/aromatic N) is 4. The highest BCUT2D eigenvalue weighted by Gasteiger charge is 2.45. The Morgan fingerprint density at radius 2 is 2.00 bits per heavy atom. The third-order valence-electron chi connectivity index (χ3n) is 11.5. The van der Waals surface area contributed by atoms with Crippen LogP contribution in [0.2, 0.25) is 0 Å². The molecule has 0 bridgehead atoms. The molecule has 2 unspecified atom stereocenters. The van der Waals surface area contributed by atoms with Gasteiger partial charge in [-0.2, -0.15) is 0 Å². The van der Waals surface area contributed by atoms with E-state index < -0.39 is 17.7 Å². The summed E-state index contributed by atoms with van der Waals surface area (Å²) in [5, 5.41) is 48.1. The Balaban J connectivity index is 0.821. The highest BCUT2D eigenvalue weighted by atomic mass is 32.1. The molecule has 0 amide bonds. The van der Waals surface area contributed by atoms with Crippen LogP contribution in [0, 0.1) is 12.8 Å². The van der Waals surface area contributed by atoms with Crippen LogP contribution in [0.3, 0.4) is 0 Å². The number of esters is 1. The number of rotatable bonds is 14. The van der Waals surface area contributed by atoms with Crippen molar-refractivity contribution in [1.82, 2.24) is 30.2 Å². The zero-order valence-electron chi connectivity index (χ0n) is 31.6. The number of phenolic OH excluding ortho intramolecular Hbond substituents is 1. The van der Waals surface area contributed by atoms with Gasteiger partial charge in [0.05, 0.1) is 33.7 Å². The van der Waals surface area contributed by atoms with Gasteiger partial charge in [-0.05, 0) is 99.5 Å². The highest BCUT2D eigenvalue weighted by Crippen LogP contribution is 2.41. The lowest BCUT2D eigenvalue weighted by Gasteiger charge is -2.35. The maximum absolute atomic E-state index is 13.6. The summed E-state index contributed by atoms with van der Waals surface area (Å²) in [5.41, 5.74) is 1.99. The van der Waals surface area contributed by atoms with Crippen LogP contribution in [-0.2, 0) is 32.8 Å². The molecule has 3 atom stereocenters. The number of fused-ring (bicyclic) bond motifs is 3. The summed E-state index contributed by atoms with van der Waals surface area (Å²) in [4.78, 5) is 32.6. The van der Waals surface area contributed by atoms with Crippen LogP contribution in [0.5, 0.6) is 5.75 Å². The first-order valence-electron chi connectivity index (χ1n) is 19.4. The highest BCUT2D eigenvalue weighted by molar-refractivity contribution is 7.13. The molecular formula is C41H48N6O7S2. The summed E-state index contributed by atoms with van der Waals surface area (Å²) in [6, 6.07) is 13.9. The Bertz CT molecular complexity index is 2270. The van der Waals surface area contributed by atoms with Crippen molar-refractivity contribution in [2.24, 2.45) is 5.92 Å². The number of carbonyl (C=O) groups excluding carboxylic acids is 1. The number of ether oxygens (including phenoxy) is 2. The van der Waals surface area contributed by atoms with Crippen LogP contribution in [-0.4, -0.2) is 91.6 Å². The van der Waals surface area contributed by atoms with Gasteiger partial charge in [-0.15, -0.1) is 27.8 Å². The molecule has 5 heterocycles. The Morgan fingerprint density at radius 1 is 1.16 bits per heavy atom. The monoisotopic (exact) mass is 800 g/mol. The molecule has 3 aliphatic rings. The van der Waals surface area contributed by atoms with Gasteiger partial charge in [-0.25, -0.2) is 9.48 Å². The van der Waals surface area contributed by atoms with Crippen molar-refractivity contribution in [3.63, 3.8) is 0 Å². The van der Waals surface area contributed by atoms with E-state index in [9.17, 15) is 24.9 Å². The lowest BCUT2D eigenvalue weighted by molar-refractivity contribution is -0.169. The Hall–Kier alpha value is -4.38. The van der Waals surface area contributed by atoms with Crippen molar-refractivity contribution in [1.29, 1.82) is 0 Å². The lowest BCUT2D eigenvalue weighted by atomic mass is 9.86. The van der Waals surface area contributed by atoms with Gasteiger partial charge in [0.1, 0.15) is 23.3 Å². The topological polar surface area (TPSA) is 175 Å². The standard InChI is InChI=1S/C41H48N6O7S2/c1-24-6-14-35(56-24)41(52,34-5-3-20-55-34)40(51)54-27-9-7-26(8-10-27)46(2)17-4-18-47-38-31(44-45-47)21-25(28-16-19-53-39(28)38)22-42-23-33(49)29-11-13-32(48)37-30(29)12-15-36(50)43-37/h3,5-6,11-15,20,25-27,33,42,48-49,52H,4,7-10,16-19,21-23H2,1-2H3,(H,43,50)/t25?,26?,27?,33-,41?/m0/s1. The first-order valence-corrected chi connectivity index (χ1v) is 21.1. The molecule has 15 heteroatoms. The molecule has 56 heavy (non-hydrogen) atoms. The predicted octanol–water partition coefficient (Wildman–Crippen LogP) is 5.00. The summed E-state index contributed by atoms with van der Waals surface area (Å²) in [7, 11) is 2.16. The quantitative estimate of drug-likeness (QED) is 0.0957. The number of aryl methyl sites for hydroxylation is 2. The van der Waals surface area contributed by atoms with Crippen molar-refractivity contribution in [3.8, 4) is 5.75 Å². The van der Waals surface area contributed by atoms with Crippen LogP contribution in [0.15, 0.2) is 64.3 Å². The number of nitrogens with one attached hydrogen (secondary N) is 2. The molecule has 1 aromatic carbocycles. The maximum atomic E-state index is 13.6. The molecule has 1 fully saturated rings. The van der Waals surface area contributed by atoms with Gasteiger partial charge in [0.2, 0.25) is 11.2 Å². The minimum atomic E-state index is -1.79. The molecule has 1 aliphatic heterocycles. The summed E-state index contributed by atoms with van der Waals surface area (Å²) in [6.07, 6.45) is 4.71. The molecular weight excluding hydrogens is 753 g/mol. The number of aliphatic hydroxyl groups excluding tert-OH is 1. The minimum absolute atomic E-state index is 0.0364. The third kappa shape index (κ3) is 7.55. The molecule has 0 spiro atoms. The van der Waals surface area contributed by atoms with Gasteiger partial charge in [-0.3, -0.25) is 4.79 Å². The number of hydrogen-bond donors (Lipinski definition) is 5. The average Bonchev–Trinajstić information content (AvgIpc) is 4.03. The normalized spacial score (nSPS) is 21.1. The minimum Gasteiger partial charge on any atom is -0.506 e. The molecule has 1 saturated carbocycles. The first kappa shape index (κ1) is 38.5. The lowest BCUT2D eigenvalue weighted by Crippen LogP contribution is -2.42. The number of phenols is 1. The van der Waals surface area contributed by atoms with E-state index in [1.807, 2.05) is 35.2 Å². The second-order valence-corrected chi connectivity index (χ2v) is 17.4. The zero-order chi connectivity index (χ0) is 39.0. The van der Waals surface area contributed by atoms with E-state index in [4.69, 9.17) is 9.47 Å². The summed E-state index contributed by atoms with van der Waals surface area (Å²) >= 11 is 2.77. The number of pyridine rings is 1. The first-order chi connectivity index (χ1) is 27.1. The number of aromatic nitrogens is 4. The number of H-pyrrole nitrogens is 1. The van der Waals surface area contributed by atoms with Crippen LogP contribution in [0.1, 0.15) is 76.2 Å². The molecule has 0 radical (unpaired) electrons. The van der Waals surface area contributed by atoms with Crippen LogP contribution >= 0.6 is 22.7 Å². The fourth-order valence-corrected chi connectivity index (χ4v) is 10.4. The van der Waals surface area contributed by atoms with Gasteiger partial charge in [0, 0.05) is 60.8 Å². The molecule has 296 valence electrons. The second-order valence-electron chi connectivity index (χ2n) is 15.2. The second kappa shape index (κ2) is 16.2. The zero-order valence-corrected chi connectivity index (χ0v) is 33.2. The van der Waals surface area contributed by atoms with Gasteiger partial charge in [0.25, 0.3) is 0 Å². The van der Waals surface area contributed by atoms with Crippen molar-refractivity contribution >= 4 is 45.3 Å². The molecule has 2 aliphatic carbocycles. The largest absolute Gasteiger partial charge is 0.506 e. The third-order valence-corrected chi connectivity index (χ3v) is 13.6. The Morgan fingerprint density at radius 3 is 2.77 bits per heavy atom. The number of aromatic amines is 1. The number of thiophene rings is 2. The van der Waals surface area contributed by atoms with E-state index in [1.54, 1.807) is 18.2 Å². The van der Waals surface area contributed by atoms with Gasteiger partial charge < -0.3 is 40.0 Å². The maximum Gasteiger partial charge on any atom is 0.349 e. The number of benzene rings is 1. The number of carbonyl (C=O) groups is 1. The van der Waals surface area contributed by atoms with E-state index in [0.29, 0.717) is 58.5 Å². The van der Waals surface area contributed by atoms with E-state index in [1.165, 1.54) is 40.4 Å². The average molecular weight is 801 g/mol. The number of aromatic hydroxyl groups is 1. The molecule has 8 rings (SSSR count). The Kier molecular flexibility index (Phi) is 11.2. The van der Waals surface area contributed by atoms with Gasteiger partial charge in [0.15, 0.2) is 0 Å². The smallest absolute Gasteiger partial charge is 0.349 e.